The van der Waals surface area contributed by atoms with Crippen molar-refractivity contribution in [2.75, 3.05) is 12.0 Å². The molecule has 1 heterocycles. The van der Waals surface area contributed by atoms with Gasteiger partial charge in [0.1, 0.15) is 0 Å². The van der Waals surface area contributed by atoms with E-state index in [0.29, 0.717) is 12.6 Å². The number of thioether (sulfide) groups is 1. The van der Waals surface area contributed by atoms with Gasteiger partial charge in [-0.3, -0.25) is 4.79 Å². The number of para-hydroxylation sites is 1. The molecule has 19 heavy (non-hydrogen) atoms. The van der Waals surface area contributed by atoms with Gasteiger partial charge >= 0.3 is 0 Å². The number of H-pyrrole nitrogens is 1. The van der Waals surface area contributed by atoms with Gasteiger partial charge in [0.15, 0.2) is 0 Å². The first-order valence-corrected chi connectivity index (χ1v) is 7.93. The number of hydrogen-bond donors (Lipinski definition) is 2. The summed E-state index contributed by atoms with van der Waals surface area (Å²) in [6, 6.07) is 10.3. The second-order valence-electron chi connectivity index (χ2n) is 4.77. The van der Waals surface area contributed by atoms with Gasteiger partial charge in [-0.15, -0.1) is 0 Å². The summed E-state index contributed by atoms with van der Waals surface area (Å²) in [5.41, 5.74) is 1.70. The summed E-state index contributed by atoms with van der Waals surface area (Å²) in [5.74, 6) is 1.14. The number of rotatable bonds is 6. The highest BCUT2D eigenvalue weighted by atomic mass is 32.2. The Morgan fingerprint density at radius 2 is 2.16 bits per heavy atom. The Hall–Kier alpha value is -1.26. The number of pyridine rings is 1. The molecule has 0 aliphatic heterocycles. The monoisotopic (exact) mass is 276 g/mol. The molecule has 0 spiro atoms. The Balaban J connectivity index is 2.08. The smallest absolute Gasteiger partial charge is 0.252 e. The van der Waals surface area contributed by atoms with Crippen LogP contribution in [-0.4, -0.2) is 23.0 Å². The lowest BCUT2D eigenvalue weighted by Crippen LogP contribution is -2.29. The van der Waals surface area contributed by atoms with Gasteiger partial charge in [-0.05, 0) is 42.9 Å². The van der Waals surface area contributed by atoms with Crippen molar-refractivity contribution in [1.29, 1.82) is 0 Å². The predicted molar refractivity (Wildman–Crippen MR) is 83.9 cm³/mol. The minimum Gasteiger partial charge on any atom is -0.322 e. The van der Waals surface area contributed by atoms with Crippen LogP contribution in [0.5, 0.6) is 0 Å². The molecule has 0 radical (unpaired) electrons. The average Bonchev–Trinajstić information content (AvgIpc) is 2.42. The molecule has 1 unspecified atom stereocenters. The fraction of sp³-hybridized carbons (Fsp3) is 0.400. The molecule has 1 aromatic carbocycles. The topological polar surface area (TPSA) is 44.9 Å². The molecule has 0 aliphatic carbocycles. The highest BCUT2D eigenvalue weighted by molar-refractivity contribution is 7.98. The number of benzene rings is 1. The highest BCUT2D eigenvalue weighted by Gasteiger charge is 2.05. The third kappa shape index (κ3) is 3.85. The van der Waals surface area contributed by atoms with E-state index in [0.717, 1.165) is 28.6 Å². The molecule has 3 nitrogen and oxygen atoms in total. The van der Waals surface area contributed by atoms with Crippen LogP contribution in [0.2, 0.25) is 0 Å². The minimum absolute atomic E-state index is 0.00302. The van der Waals surface area contributed by atoms with Crippen LogP contribution in [0.1, 0.15) is 18.9 Å². The second-order valence-corrected chi connectivity index (χ2v) is 5.76. The summed E-state index contributed by atoms with van der Waals surface area (Å²) in [5, 5.41) is 4.49. The van der Waals surface area contributed by atoms with Crippen LogP contribution in [0.3, 0.4) is 0 Å². The van der Waals surface area contributed by atoms with E-state index in [1.807, 2.05) is 42.1 Å². The van der Waals surface area contributed by atoms with Crippen LogP contribution in [0.25, 0.3) is 10.9 Å². The third-order valence-electron chi connectivity index (χ3n) is 3.23. The first kappa shape index (κ1) is 14.2. The SMILES string of the molecule is CSCCC(C)NCc1cc2ccccc2[nH]c1=O. The normalized spacial score (nSPS) is 12.7. The lowest BCUT2D eigenvalue weighted by Gasteiger charge is -2.13. The van der Waals surface area contributed by atoms with Gasteiger partial charge in [0.25, 0.3) is 5.56 Å². The highest BCUT2D eigenvalue weighted by Crippen LogP contribution is 2.10. The largest absolute Gasteiger partial charge is 0.322 e. The van der Waals surface area contributed by atoms with Crippen LogP contribution < -0.4 is 10.9 Å². The number of fused-ring (bicyclic) bond motifs is 1. The lowest BCUT2D eigenvalue weighted by molar-refractivity contribution is 0.536. The van der Waals surface area contributed by atoms with E-state index in [1.165, 1.54) is 0 Å². The van der Waals surface area contributed by atoms with Crippen LogP contribution in [0.4, 0.5) is 0 Å². The number of aromatic nitrogens is 1. The van der Waals surface area contributed by atoms with Crippen LogP contribution in [0.15, 0.2) is 35.1 Å². The van der Waals surface area contributed by atoms with Crippen LogP contribution >= 0.6 is 11.8 Å². The molecule has 0 fully saturated rings. The van der Waals surface area contributed by atoms with E-state index >= 15 is 0 Å². The van der Waals surface area contributed by atoms with Crippen molar-refractivity contribution in [2.24, 2.45) is 0 Å². The quantitative estimate of drug-likeness (QED) is 0.852. The summed E-state index contributed by atoms with van der Waals surface area (Å²) >= 11 is 1.85. The van der Waals surface area contributed by atoms with Gasteiger partial charge in [-0.2, -0.15) is 11.8 Å². The summed E-state index contributed by atoms with van der Waals surface area (Å²) in [7, 11) is 0. The molecular formula is C15H20N2OS. The van der Waals surface area contributed by atoms with Gasteiger partial charge in [0.05, 0.1) is 0 Å². The molecule has 0 bridgehead atoms. The maximum atomic E-state index is 12.0. The zero-order valence-electron chi connectivity index (χ0n) is 11.4. The minimum atomic E-state index is 0.00302. The van der Waals surface area contributed by atoms with Crippen molar-refractivity contribution >= 4 is 22.7 Å². The molecule has 4 heteroatoms. The molecule has 102 valence electrons. The van der Waals surface area contributed by atoms with E-state index in [9.17, 15) is 4.79 Å². The Morgan fingerprint density at radius 1 is 1.37 bits per heavy atom. The molecule has 0 saturated heterocycles. The molecule has 0 saturated carbocycles. The van der Waals surface area contributed by atoms with Crippen molar-refractivity contribution in [3.05, 3.63) is 46.2 Å². The van der Waals surface area contributed by atoms with Crippen molar-refractivity contribution in [2.45, 2.75) is 25.9 Å². The Bertz CT molecular complexity index is 594. The maximum absolute atomic E-state index is 12.0. The van der Waals surface area contributed by atoms with Gasteiger partial charge in [-0.1, -0.05) is 18.2 Å². The first-order chi connectivity index (χ1) is 9.20. The molecule has 0 aliphatic rings. The Labute approximate surface area is 117 Å². The molecule has 2 rings (SSSR count). The summed E-state index contributed by atoms with van der Waals surface area (Å²) in [6.45, 7) is 2.78. The number of aromatic amines is 1. The van der Waals surface area contributed by atoms with E-state index in [1.54, 1.807) is 0 Å². The zero-order chi connectivity index (χ0) is 13.7. The lowest BCUT2D eigenvalue weighted by atomic mass is 10.1. The average molecular weight is 276 g/mol. The number of hydrogen-bond acceptors (Lipinski definition) is 3. The van der Waals surface area contributed by atoms with Crippen LogP contribution in [-0.2, 0) is 6.54 Å². The molecular weight excluding hydrogens is 256 g/mol. The third-order valence-corrected chi connectivity index (χ3v) is 3.87. The Kier molecular flexibility index (Phi) is 5.05. The van der Waals surface area contributed by atoms with E-state index in [4.69, 9.17) is 0 Å². The van der Waals surface area contributed by atoms with Gasteiger partial charge in [0.2, 0.25) is 0 Å². The molecule has 0 amide bonds. The standard InChI is InChI=1S/C15H20N2OS/c1-11(7-8-19-2)16-10-13-9-12-5-3-4-6-14(12)17-15(13)18/h3-6,9,11,16H,7-8,10H2,1-2H3,(H,17,18). The summed E-state index contributed by atoms with van der Waals surface area (Å²) in [4.78, 5) is 14.9. The van der Waals surface area contributed by atoms with Crippen LogP contribution in [0, 0.1) is 0 Å². The van der Waals surface area contributed by atoms with Gasteiger partial charge < -0.3 is 10.3 Å². The van der Waals surface area contributed by atoms with Gasteiger partial charge in [-0.25, -0.2) is 0 Å². The predicted octanol–water partition coefficient (Wildman–Crippen LogP) is 2.76. The molecule has 2 N–H and O–H groups in total. The fourth-order valence-corrected chi connectivity index (χ4v) is 2.59. The summed E-state index contributed by atoms with van der Waals surface area (Å²) in [6.07, 6.45) is 3.23. The molecule has 1 atom stereocenters. The summed E-state index contributed by atoms with van der Waals surface area (Å²) < 4.78 is 0. The first-order valence-electron chi connectivity index (χ1n) is 6.54. The van der Waals surface area contributed by atoms with Crippen molar-refractivity contribution in [1.82, 2.24) is 10.3 Å². The molecule has 2 aromatic rings. The van der Waals surface area contributed by atoms with Gasteiger partial charge in [0, 0.05) is 23.7 Å². The zero-order valence-corrected chi connectivity index (χ0v) is 12.2. The maximum Gasteiger partial charge on any atom is 0.252 e. The van der Waals surface area contributed by atoms with Crippen molar-refractivity contribution in [3.8, 4) is 0 Å². The Morgan fingerprint density at radius 3 is 2.95 bits per heavy atom. The fourth-order valence-electron chi connectivity index (χ4n) is 2.00. The number of nitrogens with one attached hydrogen (secondary N) is 2. The van der Waals surface area contributed by atoms with Crippen molar-refractivity contribution < 1.29 is 0 Å². The van der Waals surface area contributed by atoms with E-state index < -0.39 is 0 Å². The van der Waals surface area contributed by atoms with E-state index in [-0.39, 0.29) is 5.56 Å². The van der Waals surface area contributed by atoms with E-state index in [2.05, 4.69) is 23.5 Å². The van der Waals surface area contributed by atoms with Crippen molar-refractivity contribution in [3.63, 3.8) is 0 Å². The second kappa shape index (κ2) is 6.78. The molecule has 1 aromatic heterocycles.